The number of methoxy groups -OCH3 is 2. The number of phenols is 1. The lowest BCUT2D eigenvalue weighted by atomic mass is 10.0. The SMILES string of the molecule is COc1cc([C@@H]2OC(C)(C)OC[C@H]2Oc2ccc(/C=C/C=O)cc2OC)ccc1O. The smallest absolute Gasteiger partial charge is 0.163 e. The van der Waals surface area contributed by atoms with E-state index in [9.17, 15) is 9.90 Å². The zero-order valence-electron chi connectivity index (χ0n) is 17.5. The highest BCUT2D eigenvalue weighted by molar-refractivity contribution is 5.74. The van der Waals surface area contributed by atoms with Gasteiger partial charge in [-0.2, -0.15) is 0 Å². The molecule has 3 rings (SSSR count). The third-order valence-corrected chi connectivity index (χ3v) is 4.71. The number of allylic oxidation sites excluding steroid dienone is 1. The maximum Gasteiger partial charge on any atom is 0.163 e. The first kappa shape index (κ1) is 21.7. The van der Waals surface area contributed by atoms with Crippen molar-refractivity contribution < 1.29 is 33.6 Å². The molecule has 2 atom stereocenters. The molecule has 1 heterocycles. The van der Waals surface area contributed by atoms with Gasteiger partial charge in [-0.05, 0) is 55.3 Å². The van der Waals surface area contributed by atoms with Crippen molar-refractivity contribution in [2.24, 2.45) is 0 Å². The third-order valence-electron chi connectivity index (χ3n) is 4.71. The molecule has 2 aromatic rings. The molecular weight excluding hydrogens is 388 g/mol. The highest BCUT2D eigenvalue weighted by atomic mass is 16.7. The van der Waals surface area contributed by atoms with Crippen molar-refractivity contribution in [3.8, 4) is 23.0 Å². The van der Waals surface area contributed by atoms with E-state index in [0.717, 1.165) is 11.1 Å². The van der Waals surface area contributed by atoms with E-state index in [1.807, 2.05) is 19.9 Å². The van der Waals surface area contributed by atoms with Crippen molar-refractivity contribution in [1.29, 1.82) is 0 Å². The number of benzene rings is 2. The number of aldehydes is 1. The summed E-state index contributed by atoms with van der Waals surface area (Å²) in [7, 11) is 3.04. The van der Waals surface area contributed by atoms with Gasteiger partial charge in [0.1, 0.15) is 12.4 Å². The van der Waals surface area contributed by atoms with Gasteiger partial charge in [0.2, 0.25) is 0 Å². The minimum absolute atomic E-state index is 0.0469. The monoisotopic (exact) mass is 414 g/mol. The van der Waals surface area contributed by atoms with Crippen molar-refractivity contribution in [3.63, 3.8) is 0 Å². The summed E-state index contributed by atoms with van der Waals surface area (Å²) in [5.41, 5.74) is 1.60. The summed E-state index contributed by atoms with van der Waals surface area (Å²) in [6.45, 7) is 3.96. The molecular formula is C23H26O7. The van der Waals surface area contributed by atoms with Gasteiger partial charge in [0.05, 0.1) is 20.8 Å². The lowest BCUT2D eigenvalue weighted by Crippen LogP contribution is -2.46. The van der Waals surface area contributed by atoms with E-state index >= 15 is 0 Å². The molecule has 1 aliphatic rings. The predicted octanol–water partition coefficient (Wildman–Crippen LogP) is 3.89. The van der Waals surface area contributed by atoms with Gasteiger partial charge in [-0.25, -0.2) is 0 Å². The maximum absolute atomic E-state index is 10.6. The molecule has 0 aromatic heterocycles. The standard InChI is InChI=1S/C23H26O7/c1-23(2)28-14-21(22(30-23)16-8-9-17(25)19(13-16)26-3)29-18-10-7-15(6-5-11-24)12-20(18)27-4/h5-13,21-22,25H,14H2,1-4H3/b6-5+/t21-,22+/m1/s1. The highest BCUT2D eigenvalue weighted by Gasteiger charge is 2.39. The fourth-order valence-corrected chi connectivity index (χ4v) is 3.23. The second-order valence-electron chi connectivity index (χ2n) is 7.24. The summed E-state index contributed by atoms with van der Waals surface area (Å²) in [4.78, 5) is 10.6. The summed E-state index contributed by atoms with van der Waals surface area (Å²) in [6, 6.07) is 10.4. The van der Waals surface area contributed by atoms with Crippen LogP contribution in [-0.4, -0.2) is 44.1 Å². The topological polar surface area (TPSA) is 83.5 Å². The number of carbonyl (C=O) groups is 1. The van der Waals surface area contributed by atoms with Gasteiger partial charge in [-0.3, -0.25) is 4.79 Å². The zero-order chi connectivity index (χ0) is 21.7. The van der Waals surface area contributed by atoms with Crippen molar-refractivity contribution >= 4 is 12.4 Å². The molecule has 160 valence electrons. The van der Waals surface area contributed by atoms with E-state index in [2.05, 4.69) is 0 Å². The fraction of sp³-hybridized carbons (Fsp3) is 0.348. The molecule has 1 aliphatic heterocycles. The Morgan fingerprint density at radius 3 is 2.53 bits per heavy atom. The van der Waals surface area contributed by atoms with Crippen LogP contribution in [-0.2, 0) is 14.3 Å². The Bertz CT molecular complexity index is 920. The van der Waals surface area contributed by atoms with Crippen LogP contribution in [0.5, 0.6) is 23.0 Å². The molecule has 2 aromatic carbocycles. The number of ether oxygens (including phenoxy) is 5. The molecule has 0 spiro atoms. The summed E-state index contributed by atoms with van der Waals surface area (Å²) in [5.74, 6) is 0.639. The molecule has 0 saturated carbocycles. The maximum atomic E-state index is 10.6. The van der Waals surface area contributed by atoms with Crippen molar-refractivity contribution in [2.75, 3.05) is 20.8 Å². The summed E-state index contributed by atoms with van der Waals surface area (Å²) in [6.07, 6.45) is 2.86. The van der Waals surface area contributed by atoms with Crippen LogP contribution in [0.1, 0.15) is 31.1 Å². The summed E-state index contributed by atoms with van der Waals surface area (Å²) in [5, 5.41) is 9.93. The van der Waals surface area contributed by atoms with Crippen LogP contribution in [0.25, 0.3) is 6.08 Å². The van der Waals surface area contributed by atoms with Crippen LogP contribution in [0.3, 0.4) is 0 Å². The van der Waals surface area contributed by atoms with E-state index in [-0.39, 0.29) is 12.4 Å². The molecule has 1 saturated heterocycles. The molecule has 7 heteroatoms. The second kappa shape index (κ2) is 9.19. The van der Waals surface area contributed by atoms with Gasteiger partial charge in [0.15, 0.2) is 34.9 Å². The minimum atomic E-state index is -0.802. The average molecular weight is 414 g/mol. The zero-order valence-corrected chi connectivity index (χ0v) is 17.5. The molecule has 0 radical (unpaired) electrons. The van der Waals surface area contributed by atoms with Crippen molar-refractivity contribution in [1.82, 2.24) is 0 Å². The second-order valence-corrected chi connectivity index (χ2v) is 7.24. The molecule has 7 nitrogen and oxygen atoms in total. The first-order valence-electron chi connectivity index (χ1n) is 9.52. The van der Waals surface area contributed by atoms with Crippen LogP contribution >= 0.6 is 0 Å². The number of aromatic hydroxyl groups is 1. The van der Waals surface area contributed by atoms with E-state index < -0.39 is 18.0 Å². The molecule has 1 N–H and O–H groups in total. The van der Waals surface area contributed by atoms with Crippen molar-refractivity contribution in [3.05, 3.63) is 53.6 Å². The summed E-state index contributed by atoms with van der Waals surface area (Å²) >= 11 is 0. The van der Waals surface area contributed by atoms with E-state index in [0.29, 0.717) is 23.5 Å². The molecule has 0 aliphatic carbocycles. The van der Waals surface area contributed by atoms with Gasteiger partial charge in [-0.15, -0.1) is 0 Å². The molecule has 1 fully saturated rings. The summed E-state index contributed by atoms with van der Waals surface area (Å²) < 4.78 is 28.9. The van der Waals surface area contributed by atoms with Crippen LogP contribution < -0.4 is 14.2 Å². The Labute approximate surface area is 175 Å². The van der Waals surface area contributed by atoms with Crippen LogP contribution in [0.15, 0.2) is 42.5 Å². The predicted molar refractivity (Wildman–Crippen MR) is 111 cm³/mol. The van der Waals surface area contributed by atoms with Crippen molar-refractivity contribution in [2.45, 2.75) is 31.8 Å². The number of carbonyl (C=O) groups excluding carboxylic acids is 1. The Kier molecular flexibility index (Phi) is 6.64. The Morgan fingerprint density at radius 1 is 1.07 bits per heavy atom. The van der Waals surface area contributed by atoms with Crippen LogP contribution in [0, 0.1) is 0 Å². The largest absolute Gasteiger partial charge is 0.504 e. The number of hydrogen-bond donors (Lipinski definition) is 1. The van der Waals surface area contributed by atoms with E-state index in [4.69, 9.17) is 23.7 Å². The number of phenolic OH excluding ortho intramolecular Hbond substituents is 1. The van der Waals surface area contributed by atoms with E-state index in [1.54, 1.807) is 43.5 Å². The lowest BCUT2D eigenvalue weighted by molar-refractivity contribution is -0.302. The van der Waals surface area contributed by atoms with E-state index in [1.165, 1.54) is 13.2 Å². The molecule has 0 amide bonds. The first-order valence-corrected chi connectivity index (χ1v) is 9.52. The van der Waals surface area contributed by atoms with Gasteiger partial charge in [0.25, 0.3) is 0 Å². The van der Waals surface area contributed by atoms with Gasteiger partial charge in [-0.1, -0.05) is 18.2 Å². The Balaban J connectivity index is 1.91. The van der Waals surface area contributed by atoms with Crippen LogP contribution in [0.2, 0.25) is 0 Å². The van der Waals surface area contributed by atoms with Crippen LogP contribution in [0.4, 0.5) is 0 Å². The Hall–Kier alpha value is -3.03. The fourth-order valence-electron chi connectivity index (χ4n) is 3.23. The van der Waals surface area contributed by atoms with Gasteiger partial charge in [0, 0.05) is 0 Å². The quantitative estimate of drug-likeness (QED) is 0.543. The Morgan fingerprint density at radius 2 is 1.83 bits per heavy atom. The first-order chi connectivity index (χ1) is 14.4. The average Bonchev–Trinajstić information content (AvgIpc) is 2.74. The van der Waals surface area contributed by atoms with Gasteiger partial charge >= 0.3 is 0 Å². The third kappa shape index (κ3) is 4.93. The number of rotatable bonds is 7. The number of hydrogen-bond acceptors (Lipinski definition) is 7. The normalized spacial score (nSPS) is 20.7. The molecule has 30 heavy (non-hydrogen) atoms. The van der Waals surface area contributed by atoms with Gasteiger partial charge < -0.3 is 28.8 Å². The highest BCUT2D eigenvalue weighted by Crippen LogP contribution is 2.40. The molecule has 0 unspecified atom stereocenters. The molecule has 0 bridgehead atoms. The minimum Gasteiger partial charge on any atom is -0.504 e. The lowest BCUT2D eigenvalue weighted by Gasteiger charge is -2.41.